The number of nitrogens with zero attached hydrogens (tertiary/aromatic N) is 3. The van der Waals surface area contributed by atoms with E-state index in [9.17, 15) is 9.59 Å². The number of amides is 1. The molecule has 1 aliphatic heterocycles. The minimum absolute atomic E-state index is 0.0688. The Hall–Kier alpha value is -3.29. The van der Waals surface area contributed by atoms with Crippen LogP contribution in [0.4, 0.5) is 5.69 Å². The molecule has 1 aliphatic rings. The largest absolute Gasteiger partial charge is 0.368 e. The van der Waals surface area contributed by atoms with Gasteiger partial charge in [0, 0.05) is 48.7 Å². The van der Waals surface area contributed by atoms with Crippen LogP contribution in [0.15, 0.2) is 54.7 Å². The molecule has 0 saturated carbocycles. The van der Waals surface area contributed by atoms with Gasteiger partial charge in [-0.25, -0.2) is 5.48 Å². The fourth-order valence-electron chi connectivity index (χ4n) is 3.55. The third-order valence-corrected chi connectivity index (χ3v) is 5.61. The molecule has 0 bridgehead atoms. The lowest BCUT2D eigenvalue weighted by Crippen LogP contribution is -2.55. The number of benzene rings is 1. The fourth-order valence-corrected chi connectivity index (χ4v) is 3.55. The quantitative estimate of drug-likeness (QED) is 0.323. The second-order valence-electron chi connectivity index (χ2n) is 7.84. The van der Waals surface area contributed by atoms with Crippen LogP contribution >= 0.6 is 0 Å². The van der Waals surface area contributed by atoms with Gasteiger partial charge >= 0.3 is 0 Å². The van der Waals surface area contributed by atoms with Gasteiger partial charge in [-0.05, 0) is 62.9 Å². The summed E-state index contributed by atoms with van der Waals surface area (Å²) in [4.78, 5) is 32.6. The average molecular weight is 421 g/mol. The molecule has 7 heteroatoms. The molecular weight excluding hydrogens is 392 g/mol. The van der Waals surface area contributed by atoms with E-state index in [1.165, 1.54) is 17.6 Å². The number of ketones is 1. The first-order valence-electron chi connectivity index (χ1n) is 10.2. The lowest BCUT2D eigenvalue weighted by atomic mass is 10.1. The zero-order chi connectivity index (χ0) is 22.4. The Bertz CT molecular complexity index is 973. The summed E-state index contributed by atoms with van der Waals surface area (Å²) in [6, 6.07) is 12.2. The summed E-state index contributed by atoms with van der Waals surface area (Å²) in [6.45, 7) is 6.30. The first kappa shape index (κ1) is 22.4. The van der Waals surface area contributed by atoms with Crippen LogP contribution in [-0.2, 0) is 4.79 Å². The number of anilines is 1. The summed E-state index contributed by atoms with van der Waals surface area (Å²) in [5.41, 5.74) is 4.57. The summed E-state index contributed by atoms with van der Waals surface area (Å²) in [6.07, 6.45) is 7.53. The number of pyridine rings is 1. The Kier molecular flexibility index (Phi) is 7.33. The molecule has 1 saturated heterocycles. The van der Waals surface area contributed by atoms with E-state index in [4.69, 9.17) is 5.21 Å². The highest BCUT2D eigenvalue weighted by atomic mass is 16.5. The third kappa shape index (κ3) is 5.87. The van der Waals surface area contributed by atoms with Crippen molar-refractivity contribution in [2.75, 3.05) is 25.0 Å². The minimum Gasteiger partial charge on any atom is -0.368 e. The molecule has 2 atom stereocenters. The molecule has 1 amide bonds. The van der Waals surface area contributed by atoms with E-state index in [1.54, 1.807) is 30.5 Å². The van der Waals surface area contributed by atoms with E-state index in [2.05, 4.69) is 41.7 Å². The van der Waals surface area contributed by atoms with Crippen molar-refractivity contribution in [1.29, 1.82) is 0 Å². The van der Waals surface area contributed by atoms with Crippen molar-refractivity contribution in [2.24, 2.45) is 0 Å². The van der Waals surface area contributed by atoms with Crippen molar-refractivity contribution in [1.82, 2.24) is 15.4 Å². The van der Waals surface area contributed by atoms with Crippen molar-refractivity contribution >= 4 is 29.5 Å². The molecule has 0 spiro atoms. The van der Waals surface area contributed by atoms with E-state index in [0.717, 1.165) is 24.3 Å². The van der Waals surface area contributed by atoms with E-state index < -0.39 is 5.91 Å². The molecule has 0 aliphatic carbocycles. The monoisotopic (exact) mass is 420 g/mol. The molecule has 2 aromatic rings. The SMILES string of the molecule is C[C@@H]1CN(c2cccc(C(=O)C=Cc3ccc(C=CC(=O)NO)nc3)c2)C[C@H](C)N1C. The van der Waals surface area contributed by atoms with Gasteiger partial charge in [0.2, 0.25) is 0 Å². The number of allylic oxidation sites excluding steroid dienone is 1. The maximum atomic E-state index is 12.7. The van der Waals surface area contributed by atoms with Crippen LogP contribution in [-0.4, -0.2) is 59.0 Å². The van der Waals surface area contributed by atoms with Gasteiger partial charge in [0.25, 0.3) is 5.91 Å². The third-order valence-electron chi connectivity index (χ3n) is 5.61. The number of carbonyl (C=O) groups is 2. The van der Waals surface area contributed by atoms with Gasteiger partial charge in [0.15, 0.2) is 5.78 Å². The Morgan fingerprint density at radius 2 is 1.84 bits per heavy atom. The second kappa shape index (κ2) is 10.1. The standard InChI is InChI=1S/C24H28N4O3/c1-17-15-28(16-18(2)27(17)3)22-6-4-5-20(13-22)23(29)11-8-19-7-9-21(25-14-19)10-12-24(30)26-31/h4-14,17-18,31H,15-16H2,1-3H3,(H,26,30)/t17-,18+. The van der Waals surface area contributed by atoms with Crippen LogP contribution in [0.5, 0.6) is 0 Å². The fraction of sp³-hybridized carbons (Fsp3) is 0.292. The number of piperazine rings is 1. The molecule has 1 fully saturated rings. The van der Waals surface area contributed by atoms with Crippen molar-refractivity contribution in [3.8, 4) is 0 Å². The van der Waals surface area contributed by atoms with Gasteiger partial charge in [-0.2, -0.15) is 0 Å². The first-order chi connectivity index (χ1) is 14.9. The maximum absolute atomic E-state index is 12.7. The molecule has 0 radical (unpaired) electrons. The molecular formula is C24H28N4O3. The van der Waals surface area contributed by atoms with Crippen LogP contribution in [0.25, 0.3) is 12.2 Å². The molecule has 1 aromatic carbocycles. The highest BCUT2D eigenvalue weighted by Gasteiger charge is 2.26. The van der Waals surface area contributed by atoms with Crippen LogP contribution in [0.2, 0.25) is 0 Å². The zero-order valence-corrected chi connectivity index (χ0v) is 18.0. The van der Waals surface area contributed by atoms with Gasteiger partial charge < -0.3 is 4.90 Å². The molecule has 162 valence electrons. The van der Waals surface area contributed by atoms with Crippen molar-refractivity contribution in [3.63, 3.8) is 0 Å². The normalized spacial score (nSPS) is 19.8. The van der Waals surface area contributed by atoms with Crippen molar-refractivity contribution in [3.05, 3.63) is 71.6 Å². The number of hydrogen-bond donors (Lipinski definition) is 2. The number of hydroxylamine groups is 1. The van der Waals surface area contributed by atoms with Gasteiger partial charge in [0.05, 0.1) is 5.69 Å². The predicted molar refractivity (Wildman–Crippen MR) is 122 cm³/mol. The summed E-state index contributed by atoms with van der Waals surface area (Å²) < 4.78 is 0. The highest BCUT2D eigenvalue weighted by Crippen LogP contribution is 2.23. The topological polar surface area (TPSA) is 85.8 Å². The molecule has 0 unspecified atom stereocenters. The Balaban J connectivity index is 1.67. The maximum Gasteiger partial charge on any atom is 0.267 e. The molecule has 2 N–H and O–H groups in total. The predicted octanol–water partition coefficient (Wildman–Crippen LogP) is 3.03. The molecule has 31 heavy (non-hydrogen) atoms. The van der Waals surface area contributed by atoms with Gasteiger partial charge in [0.1, 0.15) is 0 Å². The van der Waals surface area contributed by atoms with Crippen LogP contribution in [0, 0.1) is 0 Å². The average Bonchev–Trinajstić information content (AvgIpc) is 2.79. The molecule has 2 heterocycles. The molecule has 3 rings (SSSR count). The van der Waals surface area contributed by atoms with E-state index >= 15 is 0 Å². The highest BCUT2D eigenvalue weighted by molar-refractivity contribution is 6.07. The number of nitrogens with one attached hydrogen (secondary N) is 1. The summed E-state index contributed by atoms with van der Waals surface area (Å²) in [5.74, 6) is -0.695. The molecule has 7 nitrogen and oxygen atoms in total. The lowest BCUT2D eigenvalue weighted by Gasteiger charge is -2.43. The van der Waals surface area contributed by atoms with Crippen LogP contribution < -0.4 is 10.4 Å². The van der Waals surface area contributed by atoms with Crippen molar-refractivity contribution in [2.45, 2.75) is 25.9 Å². The number of rotatable bonds is 6. The van der Waals surface area contributed by atoms with Crippen LogP contribution in [0.1, 0.15) is 35.5 Å². The minimum atomic E-state index is -0.626. The smallest absolute Gasteiger partial charge is 0.267 e. The number of carbonyl (C=O) groups excluding carboxylic acids is 2. The van der Waals surface area contributed by atoms with Gasteiger partial charge in [-0.15, -0.1) is 0 Å². The summed E-state index contributed by atoms with van der Waals surface area (Å²) in [7, 11) is 2.15. The van der Waals surface area contributed by atoms with E-state index in [1.807, 2.05) is 18.2 Å². The number of likely N-dealkylation sites (N-methyl/N-ethyl adjacent to an activating group) is 1. The van der Waals surface area contributed by atoms with Crippen LogP contribution in [0.3, 0.4) is 0 Å². The second-order valence-corrected chi connectivity index (χ2v) is 7.84. The summed E-state index contributed by atoms with van der Waals surface area (Å²) >= 11 is 0. The number of hydrogen-bond acceptors (Lipinski definition) is 6. The van der Waals surface area contributed by atoms with Crippen molar-refractivity contribution < 1.29 is 14.8 Å². The zero-order valence-electron chi connectivity index (χ0n) is 18.0. The Morgan fingerprint density at radius 1 is 1.10 bits per heavy atom. The van der Waals surface area contributed by atoms with Gasteiger partial charge in [-0.3, -0.25) is 24.7 Å². The lowest BCUT2D eigenvalue weighted by molar-refractivity contribution is -0.124. The number of aromatic nitrogens is 1. The van der Waals surface area contributed by atoms with E-state index in [-0.39, 0.29) is 5.78 Å². The van der Waals surface area contributed by atoms with E-state index in [0.29, 0.717) is 23.3 Å². The summed E-state index contributed by atoms with van der Waals surface area (Å²) in [5, 5.41) is 8.48. The first-order valence-corrected chi connectivity index (χ1v) is 10.2. The molecule has 1 aromatic heterocycles. The Labute approximate surface area is 182 Å². The van der Waals surface area contributed by atoms with Gasteiger partial charge in [-0.1, -0.05) is 18.2 Å². The Morgan fingerprint density at radius 3 is 2.48 bits per heavy atom.